The summed E-state index contributed by atoms with van der Waals surface area (Å²) in [4.78, 5) is 24.6. The summed E-state index contributed by atoms with van der Waals surface area (Å²) in [7, 11) is 0. The number of aryl methyl sites for hydroxylation is 1. The quantitative estimate of drug-likeness (QED) is 0.857. The minimum Gasteiger partial charge on any atom is -0.459 e. The lowest BCUT2D eigenvalue weighted by atomic mass is 9.47. The number of aromatic nitrogens is 1. The smallest absolute Gasteiger partial charge is 0.312 e. The van der Waals surface area contributed by atoms with E-state index in [1.54, 1.807) is 13.0 Å². The van der Waals surface area contributed by atoms with E-state index in [0.717, 1.165) is 25.7 Å². The van der Waals surface area contributed by atoms with Gasteiger partial charge in [0.2, 0.25) is 5.91 Å². The molecular weight excluding hydrogens is 308 g/mol. The van der Waals surface area contributed by atoms with Gasteiger partial charge in [-0.1, -0.05) is 5.16 Å². The number of carbonyl (C=O) groups is 2. The molecule has 1 heterocycles. The molecule has 1 amide bonds. The van der Waals surface area contributed by atoms with E-state index in [1.165, 1.54) is 6.42 Å². The van der Waals surface area contributed by atoms with E-state index in [2.05, 4.69) is 10.5 Å². The van der Waals surface area contributed by atoms with Crippen LogP contribution < -0.4 is 5.32 Å². The van der Waals surface area contributed by atoms with Crippen molar-refractivity contribution in [3.8, 4) is 0 Å². The summed E-state index contributed by atoms with van der Waals surface area (Å²) in [5.41, 5.74) is -0.00720. The Morgan fingerprint density at radius 1 is 1.33 bits per heavy atom. The van der Waals surface area contributed by atoms with E-state index in [-0.39, 0.29) is 24.0 Å². The third-order valence-electron chi connectivity index (χ3n) is 5.96. The molecule has 4 bridgehead atoms. The SMILES string of the molecule is CC(=O)NC12C[C@H]3C[C@@H](C1)CC(C(=O)OCc1cc(C)on1)(C3)C2. The average Bonchev–Trinajstić information content (AvgIpc) is 2.87. The molecule has 0 saturated heterocycles. The fourth-order valence-corrected chi connectivity index (χ4v) is 5.80. The van der Waals surface area contributed by atoms with Crippen molar-refractivity contribution in [3.05, 3.63) is 17.5 Å². The van der Waals surface area contributed by atoms with Gasteiger partial charge in [0.15, 0.2) is 0 Å². The third-order valence-corrected chi connectivity index (χ3v) is 5.96. The molecule has 0 radical (unpaired) electrons. The van der Waals surface area contributed by atoms with Crippen molar-refractivity contribution in [1.82, 2.24) is 10.5 Å². The zero-order valence-corrected chi connectivity index (χ0v) is 14.3. The van der Waals surface area contributed by atoms with Gasteiger partial charge in [0, 0.05) is 18.5 Å². The Hall–Kier alpha value is -1.85. The van der Waals surface area contributed by atoms with Crippen molar-refractivity contribution < 1.29 is 18.8 Å². The van der Waals surface area contributed by atoms with Gasteiger partial charge in [-0.05, 0) is 57.3 Å². The maximum absolute atomic E-state index is 12.9. The maximum Gasteiger partial charge on any atom is 0.312 e. The Kier molecular flexibility index (Phi) is 3.48. The largest absolute Gasteiger partial charge is 0.459 e. The first kappa shape index (κ1) is 15.7. The second-order valence-electron chi connectivity index (χ2n) is 8.21. The highest BCUT2D eigenvalue weighted by molar-refractivity contribution is 5.79. The van der Waals surface area contributed by atoms with E-state index in [4.69, 9.17) is 9.26 Å². The van der Waals surface area contributed by atoms with Crippen molar-refractivity contribution in [2.45, 2.75) is 64.5 Å². The number of ether oxygens (including phenoxy) is 1. The highest BCUT2D eigenvalue weighted by Gasteiger charge is 2.61. The van der Waals surface area contributed by atoms with E-state index < -0.39 is 5.41 Å². The molecule has 1 aromatic heterocycles. The lowest BCUT2D eigenvalue weighted by molar-refractivity contribution is -0.177. The molecule has 0 spiro atoms. The number of nitrogens with zero attached hydrogens (tertiary/aromatic N) is 1. The second-order valence-corrected chi connectivity index (χ2v) is 8.21. The van der Waals surface area contributed by atoms with Crippen molar-refractivity contribution in [3.63, 3.8) is 0 Å². The molecule has 6 nitrogen and oxygen atoms in total. The summed E-state index contributed by atoms with van der Waals surface area (Å²) in [5.74, 6) is 1.60. The predicted octanol–water partition coefficient (Wildman–Crippen LogP) is 2.50. The van der Waals surface area contributed by atoms with Gasteiger partial charge < -0.3 is 14.6 Å². The van der Waals surface area contributed by atoms with Gasteiger partial charge in [0.25, 0.3) is 0 Å². The van der Waals surface area contributed by atoms with Crippen LogP contribution >= 0.6 is 0 Å². The molecule has 4 atom stereocenters. The van der Waals surface area contributed by atoms with Gasteiger partial charge in [-0.15, -0.1) is 0 Å². The summed E-state index contributed by atoms with van der Waals surface area (Å²) < 4.78 is 10.6. The molecule has 1 aromatic rings. The molecule has 0 aromatic carbocycles. The first-order valence-corrected chi connectivity index (χ1v) is 8.76. The van der Waals surface area contributed by atoms with Gasteiger partial charge in [-0.2, -0.15) is 0 Å². The molecule has 4 aliphatic rings. The minimum absolute atomic E-state index is 0.00135. The van der Waals surface area contributed by atoms with Crippen molar-refractivity contribution in [2.24, 2.45) is 17.3 Å². The Balaban J connectivity index is 1.51. The molecule has 130 valence electrons. The summed E-state index contributed by atoms with van der Waals surface area (Å²) in [5, 5.41) is 7.05. The van der Waals surface area contributed by atoms with Crippen molar-refractivity contribution >= 4 is 11.9 Å². The van der Waals surface area contributed by atoms with Crippen LogP contribution in [0.5, 0.6) is 0 Å². The highest BCUT2D eigenvalue weighted by atomic mass is 16.5. The monoisotopic (exact) mass is 332 g/mol. The van der Waals surface area contributed by atoms with Crippen molar-refractivity contribution in [2.75, 3.05) is 0 Å². The fourth-order valence-electron chi connectivity index (χ4n) is 5.80. The first-order chi connectivity index (χ1) is 11.4. The van der Waals surface area contributed by atoms with Gasteiger partial charge >= 0.3 is 5.97 Å². The van der Waals surface area contributed by atoms with Crippen LogP contribution in [-0.2, 0) is 20.9 Å². The molecule has 24 heavy (non-hydrogen) atoms. The van der Waals surface area contributed by atoms with Crippen LogP contribution in [0.4, 0.5) is 0 Å². The van der Waals surface area contributed by atoms with Crippen LogP contribution in [0, 0.1) is 24.2 Å². The minimum atomic E-state index is -0.439. The highest BCUT2D eigenvalue weighted by Crippen LogP contribution is 2.62. The lowest BCUT2D eigenvalue weighted by Crippen LogP contribution is -2.64. The van der Waals surface area contributed by atoms with E-state index in [1.807, 2.05) is 6.92 Å². The summed E-state index contributed by atoms with van der Waals surface area (Å²) >= 11 is 0. The molecular formula is C18H24N2O4. The third kappa shape index (κ3) is 2.62. The lowest BCUT2D eigenvalue weighted by Gasteiger charge is -2.60. The Morgan fingerprint density at radius 2 is 2.04 bits per heavy atom. The number of carbonyl (C=O) groups excluding carboxylic acids is 2. The summed E-state index contributed by atoms with van der Waals surface area (Å²) in [6.45, 7) is 3.53. The van der Waals surface area contributed by atoms with E-state index in [0.29, 0.717) is 29.7 Å². The normalized spacial score (nSPS) is 36.6. The molecule has 2 unspecified atom stereocenters. The summed E-state index contributed by atoms with van der Waals surface area (Å²) in [6, 6.07) is 1.78. The van der Waals surface area contributed by atoms with Crippen LogP contribution in [0.1, 0.15) is 56.9 Å². The zero-order chi connectivity index (χ0) is 16.9. The molecule has 4 fully saturated rings. The van der Waals surface area contributed by atoms with Crippen LogP contribution in [0.3, 0.4) is 0 Å². The number of nitrogens with one attached hydrogen (secondary N) is 1. The Bertz CT molecular complexity index is 666. The number of amides is 1. The zero-order valence-electron chi connectivity index (χ0n) is 14.3. The maximum atomic E-state index is 12.9. The van der Waals surface area contributed by atoms with Crippen LogP contribution in [0.2, 0.25) is 0 Å². The number of hydrogen-bond acceptors (Lipinski definition) is 5. The molecule has 4 saturated carbocycles. The van der Waals surface area contributed by atoms with Gasteiger partial charge in [-0.25, -0.2) is 0 Å². The number of hydrogen-bond donors (Lipinski definition) is 1. The van der Waals surface area contributed by atoms with Gasteiger partial charge in [-0.3, -0.25) is 9.59 Å². The number of rotatable bonds is 4. The predicted molar refractivity (Wildman–Crippen MR) is 84.7 cm³/mol. The fraction of sp³-hybridized carbons (Fsp3) is 0.722. The molecule has 4 aliphatic carbocycles. The van der Waals surface area contributed by atoms with Crippen LogP contribution in [-0.4, -0.2) is 22.6 Å². The second kappa shape index (κ2) is 5.33. The van der Waals surface area contributed by atoms with Gasteiger partial charge in [0.1, 0.15) is 18.1 Å². The van der Waals surface area contributed by atoms with Crippen molar-refractivity contribution in [1.29, 1.82) is 0 Å². The first-order valence-electron chi connectivity index (χ1n) is 8.76. The van der Waals surface area contributed by atoms with Crippen LogP contribution in [0.15, 0.2) is 10.6 Å². The van der Waals surface area contributed by atoms with E-state index >= 15 is 0 Å². The number of esters is 1. The molecule has 6 heteroatoms. The Morgan fingerprint density at radius 3 is 2.62 bits per heavy atom. The molecule has 0 aliphatic heterocycles. The standard InChI is InChI=1S/C18H24N2O4/c1-11-3-15(20-24-11)9-23-16(22)17-5-13-4-14(6-17)8-18(7-13,10-17)19-12(2)21/h3,13-14H,4-10H2,1-2H3,(H,19,21)/t13-,14+,17?,18?. The van der Waals surface area contributed by atoms with Gasteiger partial charge in [0.05, 0.1) is 5.41 Å². The average molecular weight is 332 g/mol. The summed E-state index contributed by atoms with van der Waals surface area (Å²) in [6.07, 6.45) is 5.67. The Labute approximate surface area is 141 Å². The molecule has 5 rings (SSSR count). The topological polar surface area (TPSA) is 81.4 Å². The van der Waals surface area contributed by atoms with E-state index in [9.17, 15) is 9.59 Å². The molecule has 1 N–H and O–H groups in total. The van der Waals surface area contributed by atoms with Crippen LogP contribution in [0.25, 0.3) is 0 Å².